The minimum atomic E-state index is -0.329. The van der Waals surface area contributed by atoms with Crippen molar-refractivity contribution >= 4 is 11.6 Å². The summed E-state index contributed by atoms with van der Waals surface area (Å²) in [6.45, 7) is 2.93. The number of carbonyl (C=O) groups is 1. The molecule has 4 rings (SSSR count). The normalized spacial score (nSPS) is 15.2. The first-order chi connectivity index (χ1) is 13.7. The van der Waals surface area contributed by atoms with E-state index >= 15 is 0 Å². The zero-order valence-corrected chi connectivity index (χ0v) is 15.6. The first kappa shape index (κ1) is 17.9. The molecule has 0 radical (unpaired) electrons. The quantitative estimate of drug-likeness (QED) is 0.666. The van der Waals surface area contributed by atoms with Crippen LogP contribution in [0, 0.1) is 0 Å². The van der Waals surface area contributed by atoms with Gasteiger partial charge >= 0.3 is 0 Å². The number of fused-ring (bicyclic) bond motifs is 1. The molecule has 3 aromatic carbocycles. The molecule has 2 N–H and O–H groups in total. The Bertz CT molecular complexity index is 973. The summed E-state index contributed by atoms with van der Waals surface area (Å²) in [5, 5.41) is 6.35. The van der Waals surface area contributed by atoms with E-state index in [0.717, 1.165) is 16.8 Å². The van der Waals surface area contributed by atoms with Crippen molar-refractivity contribution in [3.63, 3.8) is 0 Å². The maximum absolute atomic E-state index is 12.4. The van der Waals surface area contributed by atoms with E-state index in [-0.39, 0.29) is 12.1 Å². The number of carbonyl (C=O) groups excluding carboxylic acids is 1. The second-order valence-electron chi connectivity index (χ2n) is 6.51. The standard InChI is InChI=1S/C23H22N2O3/c1-2-27-21-14-17(12-13-20(21)28-15-16-8-4-3-5-9-16)22-24-19-11-7-6-10-18(19)23(26)25-22/h3-14,22,24H,2,15H2,1H3,(H,25,26)/t22-/m0/s1. The minimum absolute atomic E-state index is 0.0956. The van der Waals surface area contributed by atoms with E-state index in [1.807, 2.05) is 73.7 Å². The summed E-state index contributed by atoms with van der Waals surface area (Å²) in [7, 11) is 0. The molecule has 0 unspecified atom stereocenters. The lowest BCUT2D eigenvalue weighted by atomic mass is 10.1. The molecule has 1 aliphatic heterocycles. The van der Waals surface area contributed by atoms with Gasteiger partial charge in [0.15, 0.2) is 11.5 Å². The van der Waals surface area contributed by atoms with E-state index in [1.165, 1.54) is 0 Å². The predicted molar refractivity (Wildman–Crippen MR) is 109 cm³/mol. The molecule has 1 amide bonds. The Balaban J connectivity index is 1.56. The third-order valence-electron chi connectivity index (χ3n) is 4.59. The van der Waals surface area contributed by atoms with Crippen LogP contribution in [0.1, 0.15) is 34.6 Å². The number of rotatable bonds is 6. The lowest BCUT2D eigenvalue weighted by Gasteiger charge is -2.28. The summed E-state index contributed by atoms with van der Waals surface area (Å²) in [5.41, 5.74) is 3.45. The summed E-state index contributed by atoms with van der Waals surface area (Å²) >= 11 is 0. The van der Waals surface area contributed by atoms with E-state index in [0.29, 0.717) is 30.3 Å². The van der Waals surface area contributed by atoms with Crippen molar-refractivity contribution in [2.45, 2.75) is 19.7 Å². The highest BCUT2D eigenvalue weighted by Gasteiger charge is 2.25. The Morgan fingerprint density at radius 3 is 2.46 bits per heavy atom. The Kier molecular flexibility index (Phi) is 5.15. The van der Waals surface area contributed by atoms with Crippen molar-refractivity contribution in [1.29, 1.82) is 0 Å². The monoisotopic (exact) mass is 374 g/mol. The van der Waals surface area contributed by atoms with Gasteiger partial charge in [-0.3, -0.25) is 4.79 Å². The van der Waals surface area contributed by atoms with Crippen LogP contribution in [0.4, 0.5) is 5.69 Å². The zero-order chi connectivity index (χ0) is 19.3. The van der Waals surface area contributed by atoms with Crippen LogP contribution in [0.25, 0.3) is 0 Å². The molecule has 5 nitrogen and oxygen atoms in total. The number of nitrogens with one attached hydrogen (secondary N) is 2. The maximum Gasteiger partial charge on any atom is 0.255 e. The molecule has 1 heterocycles. The molecule has 3 aromatic rings. The van der Waals surface area contributed by atoms with Crippen molar-refractivity contribution in [3.8, 4) is 11.5 Å². The van der Waals surface area contributed by atoms with E-state index in [4.69, 9.17) is 9.47 Å². The highest BCUT2D eigenvalue weighted by Crippen LogP contribution is 2.33. The fourth-order valence-electron chi connectivity index (χ4n) is 3.20. The fraction of sp³-hybridized carbons (Fsp3) is 0.174. The van der Waals surface area contributed by atoms with Gasteiger partial charge < -0.3 is 20.1 Å². The summed E-state index contributed by atoms with van der Waals surface area (Å²) in [6.07, 6.45) is -0.329. The second kappa shape index (κ2) is 8.05. The highest BCUT2D eigenvalue weighted by atomic mass is 16.5. The molecule has 28 heavy (non-hydrogen) atoms. The van der Waals surface area contributed by atoms with Crippen molar-refractivity contribution in [3.05, 3.63) is 89.5 Å². The lowest BCUT2D eigenvalue weighted by Crippen LogP contribution is -2.38. The Labute approximate surface area is 164 Å². The van der Waals surface area contributed by atoms with Crippen LogP contribution in [-0.4, -0.2) is 12.5 Å². The molecular weight excluding hydrogens is 352 g/mol. The molecule has 5 heteroatoms. The fourth-order valence-corrected chi connectivity index (χ4v) is 3.20. The first-order valence-electron chi connectivity index (χ1n) is 9.34. The molecule has 1 aliphatic rings. The van der Waals surface area contributed by atoms with Gasteiger partial charge in [0.05, 0.1) is 12.2 Å². The predicted octanol–water partition coefficient (Wildman–Crippen LogP) is 4.52. The van der Waals surface area contributed by atoms with Crippen LogP contribution < -0.4 is 20.1 Å². The van der Waals surface area contributed by atoms with Gasteiger partial charge in [-0.05, 0) is 42.3 Å². The molecule has 0 aromatic heterocycles. The van der Waals surface area contributed by atoms with Crippen molar-refractivity contribution in [1.82, 2.24) is 5.32 Å². The van der Waals surface area contributed by atoms with Gasteiger partial charge in [0.2, 0.25) is 0 Å². The van der Waals surface area contributed by atoms with Gasteiger partial charge in [-0.15, -0.1) is 0 Å². The van der Waals surface area contributed by atoms with E-state index in [1.54, 1.807) is 6.07 Å². The number of anilines is 1. The van der Waals surface area contributed by atoms with Crippen LogP contribution in [0.5, 0.6) is 11.5 Å². The summed E-state index contributed by atoms with van der Waals surface area (Å²) in [5.74, 6) is 1.24. The molecule has 0 bridgehead atoms. The molecule has 1 atom stereocenters. The Hall–Kier alpha value is -3.47. The number of amides is 1. The van der Waals surface area contributed by atoms with Crippen LogP contribution in [-0.2, 0) is 6.61 Å². The highest BCUT2D eigenvalue weighted by molar-refractivity contribution is 6.01. The minimum Gasteiger partial charge on any atom is -0.490 e. The summed E-state index contributed by atoms with van der Waals surface area (Å²) < 4.78 is 11.8. The van der Waals surface area contributed by atoms with Gasteiger partial charge in [-0.25, -0.2) is 0 Å². The molecule has 0 saturated heterocycles. The summed E-state index contributed by atoms with van der Waals surface area (Å²) in [4.78, 5) is 12.4. The zero-order valence-electron chi connectivity index (χ0n) is 15.6. The van der Waals surface area contributed by atoms with Gasteiger partial charge in [0, 0.05) is 5.69 Å². The molecule has 0 aliphatic carbocycles. The van der Waals surface area contributed by atoms with Gasteiger partial charge in [-0.1, -0.05) is 48.5 Å². The van der Waals surface area contributed by atoms with Crippen LogP contribution in [0.3, 0.4) is 0 Å². The molecule has 0 saturated carbocycles. The number of hydrogen-bond donors (Lipinski definition) is 2. The van der Waals surface area contributed by atoms with E-state index in [2.05, 4.69) is 10.6 Å². The van der Waals surface area contributed by atoms with Crippen LogP contribution in [0.2, 0.25) is 0 Å². The van der Waals surface area contributed by atoms with Gasteiger partial charge in [0.1, 0.15) is 12.8 Å². The van der Waals surface area contributed by atoms with Gasteiger partial charge in [-0.2, -0.15) is 0 Å². The molecular formula is C23H22N2O3. The van der Waals surface area contributed by atoms with E-state index in [9.17, 15) is 4.79 Å². The van der Waals surface area contributed by atoms with Crippen molar-refractivity contribution in [2.24, 2.45) is 0 Å². The van der Waals surface area contributed by atoms with E-state index < -0.39 is 0 Å². The molecule has 0 fully saturated rings. The van der Waals surface area contributed by atoms with Crippen LogP contribution >= 0.6 is 0 Å². The molecule has 142 valence electrons. The second-order valence-corrected chi connectivity index (χ2v) is 6.51. The number of benzene rings is 3. The average Bonchev–Trinajstić information content (AvgIpc) is 2.74. The largest absolute Gasteiger partial charge is 0.490 e. The lowest BCUT2D eigenvalue weighted by molar-refractivity contribution is 0.0935. The summed E-state index contributed by atoms with van der Waals surface area (Å²) in [6, 6.07) is 23.2. The first-order valence-corrected chi connectivity index (χ1v) is 9.34. The van der Waals surface area contributed by atoms with Gasteiger partial charge in [0.25, 0.3) is 5.91 Å². The Morgan fingerprint density at radius 1 is 0.857 bits per heavy atom. The number of para-hydroxylation sites is 1. The molecule has 0 spiro atoms. The number of ether oxygens (including phenoxy) is 2. The number of hydrogen-bond acceptors (Lipinski definition) is 4. The smallest absolute Gasteiger partial charge is 0.255 e. The topological polar surface area (TPSA) is 59.6 Å². The van der Waals surface area contributed by atoms with Crippen LogP contribution in [0.15, 0.2) is 72.8 Å². The Morgan fingerprint density at radius 2 is 1.64 bits per heavy atom. The third kappa shape index (κ3) is 3.78. The van der Waals surface area contributed by atoms with Crippen molar-refractivity contribution in [2.75, 3.05) is 11.9 Å². The SMILES string of the molecule is CCOc1cc([C@@H]2NC(=O)c3ccccc3N2)ccc1OCc1ccccc1. The van der Waals surface area contributed by atoms with Crippen molar-refractivity contribution < 1.29 is 14.3 Å². The average molecular weight is 374 g/mol. The third-order valence-corrected chi connectivity index (χ3v) is 4.59. The maximum atomic E-state index is 12.4.